The molecule has 0 N–H and O–H groups in total. The van der Waals surface area contributed by atoms with Crippen LogP contribution in [0.3, 0.4) is 0 Å². The fourth-order valence-corrected chi connectivity index (χ4v) is 7.20. The summed E-state index contributed by atoms with van der Waals surface area (Å²) in [7, 11) is 2.95. The van der Waals surface area contributed by atoms with E-state index < -0.39 is 47.4 Å². The molecule has 4 amide bonds. The van der Waals surface area contributed by atoms with Gasteiger partial charge in [0.2, 0.25) is 23.6 Å². The number of carbonyl (C=O) groups is 5. The standard InChI is InChI=1S/C26H27BrN2O6/c1-5-35-26(34)19-14-10-15-17(23(31)28(3)22(15)30)11(2)16(14)20-21(25(33)29(4)24(20)32)18(19)12-6-8-13(27)9-7-12/h6-9,11,15-18,20-21H,5,10H2,1-4H3/t11?,15-,16+,17+,18-,20+,21-/m0/s1. The summed E-state index contributed by atoms with van der Waals surface area (Å²) in [6.07, 6.45) is 0.199. The second-order valence-electron chi connectivity index (χ2n) is 9.93. The van der Waals surface area contributed by atoms with E-state index in [2.05, 4.69) is 15.9 Å². The first-order valence-electron chi connectivity index (χ1n) is 11.9. The fourth-order valence-electron chi connectivity index (χ4n) is 6.94. The lowest BCUT2D eigenvalue weighted by atomic mass is 9.53. The van der Waals surface area contributed by atoms with Crippen LogP contribution in [0, 0.1) is 35.5 Å². The van der Waals surface area contributed by atoms with Crippen LogP contribution in [-0.2, 0) is 28.7 Å². The molecule has 4 aliphatic rings. The third-order valence-electron chi connectivity index (χ3n) is 8.42. The zero-order valence-corrected chi connectivity index (χ0v) is 21.6. The summed E-state index contributed by atoms with van der Waals surface area (Å²) in [4.78, 5) is 68.8. The first-order valence-corrected chi connectivity index (χ1v) is 12.7. The zero-order valence-electron chi connectivity index (χ0n) is 20.0. The zero-order chi connectivity index (χ0) is 25.3. The molecule has 184 valence electrons. The minimum absolute atomic E-state index is 0.149. The molecule has 1 aromatic carbocycles. The Morgan fingerprint density at radius 2 is 1.49 bits per heavy atom. The van der Waals surface area contributed by atoms with Crippen molar-refractivity contribution >= 4 is 45.5 Å². The molecule has 1 saturated carbocycles. The number of fused-ring (bicyclic) bond motifs is 4. The van der Waals surface area contributed by atoms with Crippen molar-refractivity contribution in [2.75, 3.05) is 20.7 Å². The number of esters is 1. The molecule has 2 aliphatic carbocycles. The lowest BCUT2D eigenvalue weighted by molar-refractivity contribution is -0.141. The van der Waals surface area contributed by atoms with Gasteiger partial charge in [0.05, 0.1) is 30.3 Å². The third-order valence-corrected chi connectivity index (χ3v) is 8.95. The van der Waals surface area contributed by atoms with Crippen molar-refractivity contribution in [3.05, 3.63) is 45.4 Å². The smallest absolute Gasteiger partial charge is 0.334 e. The van der Waals surface area contributed by atoms with Crippen LogP contribution in [0.4, 0.5) is 0 Å². The molecular weight excluding hydrogens is 516 g/mol. The maximum Gasteiger partial charge on any atom is 0.334 e. The predicted octanol–water partition coefficient (Wildman–Crippen LogP) is 2.52. The minimum Gasteiger partial charge on any atom is -0.463 e. The minimum atomic E-state index is -0.786. The second-order valence-corrected chi connectivity index (χ2v) is 10.8. The fraction of sp³-hybridized carbons (Fsp3) is 0.500. The van der Waals surface area contributed by atoms with Crippen molar-refractivity contribution in [3.8, 4) is 0 Å². The Morgan fingerprint density at radius 3 is 2.11 bits per heavy atom. The van der Waals surface area contributed by atoms with Crippen molar-refractivity contribution in [1.82, 2.24) is 9.80 Å². The van der Waals surface area contributed by atoms with Gasteiger partial charge >= 0.3 is 5.97 Å². The lowest BCUT2D eigenvalue weighted by Crippen LogP contribution is -2.48. The number of ether oxygens (including phenoxy) is 1. The maximum absolute atomic E-state index is 13.5. The Kier molecular flexibility index (Phi) is 5.74. The average molecular weight is 543 g/mol. The molecule has 0 spiro atoms. The van der Waals surface area contributed by atoms with E-state index in [0.29, 0.717) is 11.1 Å². The summed E-state index contributed by atoms with van der Waals surface area (Å²) >= 11 is 3.43. The summed E-state index contributed by atoms with van der Waals surface area (Å²) < 4.78 is 6.32. The number of benzene rings is 1. The van der Waals surface area contributed by atoms with E-state index in [1.54, 1.807) is 6.92 Å². The van der Waals surface area contributed by atoms with Gasteiger partial charge in [-0.15, -0.1) is 0 Å². The van der Waals surface area contributed by atoms with Crippen molar-refractivity contribution in [1.29, 1.82) is 0 Å². The molecule has 35 heavy (non-hydrogen) atoms. The van der Waals surface area contributed by atoms with E-state index in [9.17, 15) is 24.0 Å². The molecule has 0 radical (unpaired) electrons. The number of allylic oxidation sites excluding steroid dienone is 1. The summed E-state index contributed by atoms with van der Waals surface area (Å²) in [6.45, 7) is 3.73. The number of rotatable bonds is 3. The van der Waals surface area contributed by atoms with E-state index in [-0.39, 0.29) is 36.7 Å². The van der Waals surface area contributed by atoms with Crippen molar-refractivity contribution < 1.29 is 28.7 Å². The molecule has 1 aromatic rings. The van der Waals surface area contributed by atoms with Gasteiger partial charge in [-0.2, -0.15) is 0 Å². The number of carbonyl (C=O) groups excluding carboxylic acids is 5. The highest BCUT2D eigenvalue weighted by Gasteiger charge is 2.64. The summed E-state index contributed by atoms with van der Waals surface area (Å²) in [5.41, 5.74) is 1.77. The first-order chi connectivity index (χ1) is 16.6. The van der Waals surface area contributed by atoms with Crippen LogP contribution in [0.15, 0.2) is 39.9 Å². The van der Waals surface area contributed by atoms with Gasteiger partial charge in [0.15, 0.2) is 0 Å². The van der Waals surface area contributed by atoms with Gasteiger partial charge in [-0.05, 0) is 42.9 Å². The highest BCUT2D eigenvalue weighted by Crippen LogP contribution is 2.60. The quantitative estimate of drug-likeness (QED) is 0.429. The van der Waals surface area contributed by atoms with Crippen LogP contribution >= 0.6 is 15.9 Å². The largest absolute Gasteiger partial charge is 0.463 e. The first kappa shape index (κ1) is 23.9. The highest BCUT2D eigenvalue weighted by atomic mass is 79.9. The van der Waals surface area contributed by atoms with E-state index in [1.165, 1.54) is 14.1 Å². The topological polar surface area (TPSA) is 101 Å². The Balaban J connectivity index is 1.78. The monoisotopic (exact) mass is 542 g/mol. The molecule has 2 heterocycles. The molecule has 8 nitrogen and oxygen atoms in total. The van der Waals surface area contributed by atoms with Gasteiger partial charge < -0.3 is 4.74 Å². The van der Waals surface area contributed by atoms with Gasteiger partial charge in [-0.1, -0.05) is 40.6 Å². The van der Waals surface area contributed by atoms with Gasteiger partial charge in [0.25, 0.3) is 0 Å². The van der Waals surface area contributed by atoms with Crippen molar-refractivity contribution in [3.63, 3.8) is 0 Å². The van der Waals surface area contributed by atoms with Crippen molar-refractivity contribution in [2.45, 2.75) is 26.2 Å². The van der Waals surface area contributed by atoms with Crippen molar-refractivity contribution in [2.24, 2.45) is 35.5 Å². The number of hydrogen-bond acceptors (Lipinski definition) is 6. The second kappa shape index (κ2) is 8.40. The molecule has 7 atom stereocenters. The predicted molar refractivity (Wildman–Crippen MR) is 127 cm³/mol. The van der Waals surface area contributed by atoms with Crippen LogP contribution in [0.1, 0.15) is 31.7 Å². The normalized spacial score (nSPS) is 34.3. The van der Waals surface area contributed by atoms with E-state index in [0.717, 1.165) is 19.8 Å². The number of likely N-dealkylation sites (tertiary alicyclic amines) is 2. The Bertz CT molecular complexity index is 1190. The van der Waals surface area contributed by atoms with Crippen LogP contribution in [-0.4, -0.2) is 60.1 Å². The van der Waals surface area contributed by atoms with Gasteiger partial charge in [-0.3, -0.25) is 29.0 Å². The lowest BCUT2D eigenvalue weighted by Gasteiger charge is -2.47. The van der Waals surface area contributed by atoms with Gasteiger partial charge in [0, 0.05) is 30.1 Å². The number of halogens is 1. The molecule has 2 saturated heterocycles. The van der Waals surface area contributed by atoms with E-state index >= 15 is 0 Å². The van der Waals surface area contributed by atoms with E-state index in [4.69, 9.17) is 4.74 Å². The molecule has 2 aliphatic heterocycles. The Morgan fingerprint density at radius 1 is 0.914 bits per heavy atom. The number of amides is 4. The third kappa shape index (κ3) is 3.27. The SMILES string of the molecule is CCOC(=O)C1=C2C[C@@H]3C(=O)N(C)C(=O)[C@@H]3C(C)[C@H]2[C@H]2C(=O)N(C)C(=O)[C@H]2[C@H]1c1ccc(Br)cc1. The molecule has 0 aromatic heterocycles. The van der Waals surface area contributed by atoms with Gasteiger partial charge in [0.1, 0.15) is 0 Å². The number of imide groups is 2. The molecule has 3 fully saturated rings. The summed E-state index contributed by atoms with van der Waals surface area (Å²) in [6, 6.07) is 7.36. The molecular formula is C26H27BrN2O6. The number of nitrogens with zero attached hydrogens (tertiary/aromatic N) is 2. The summed E-state index contributed by atoms with van der Waals surface area (Å²) in [5.74, 6) is -5.96. The van der Waals surface area contributed by atoms with Gasteiger partial charge in [-0.25, -0.2) is 4.79 Å². The maximum atomic E-state index is 13.5. The molecule has 1 unspecified atom stereocenters. The number of hydrogen-bond donors (Lipinski definition) is 0. The molecule has 0 bridgehead atoms. The molecule has 5 rings (SSSR count). The van der Waals surface area contributed by atoms with Crippen LogP contribution in [0.5, 0.6) is 0 Å². The Hall–Kier alpha value is -2.81. The summed E-state index contributed by atoms with van der Waals surface area (Å²) in [5, 5.41) is 0. The Labute approximate surface area is 211 Å². The van der Waals surface area contributed by atoms with Crippen LogP contribution < -0.4 is 0 Å². The molecule has 9 heteroatoms. The average Bonchev–Trinajstić information content (AvgIpc) is 3.19. The van der Waals surface area contributed by atoms with Crippen LogP contribution in [0.2, 0.25) is 0 Å². The highest BCUT2D eigenvalue weighted by molar-refractivity contribution is 9.10. The van der Waals surface area contributed by atoms with E-state index in [1.807, 2.05) is 31.2 Å². The van der Waals surface area contributed by atoms with Crippen LogP contribution in [0.25, 0.3) is 0 Å².